The van der Waals surface area contributed by atoms with Crippen LogP contribution in [-0.4, -0.2) is 4.98 Å². The topological polar surface area (TPSA) is 38.9 Å². The smallest absolute Gasteiger partial charge is 0.0407 e. The SMILES string of the molecule is Cc1cccc(CSc2cnccc2CN)c1. The number of aryl methyl sites for hydroxylation is 1. The molecule has 17 heavy (non-hydrogen) atoms. The summed E-state index contributed by atoms with van der Waals surface area (Å²) in [5.74, 6) is 0.959. The molecule has 1 aromatic heterocycles. The van der Waals surface area contributed by atoms with E-state index < -0.39 is 0 Å². The van der Waals surface area contributed by atoms with Gasteiger partial charge in [-0.3, -0.25) is 4.98 Å². The van der Waals surface area contributed by atoms with Crippen LogP contribution in [0.1, 0.15) is 16.7 Å². The van der Waals surface area contributed by atoms with Crippen LogP contribution in [0.2, 0.25) is 0 Å². The number of pyridine rings is 1. The lowest BCUT2D eigenvalue weighted by Crippen LogP contribution is -1.98. The second-order valence-electron chi connectivity index (χ2n) is 3.97. The van der Waals surface area contributed by atoms with Gasteiger partial charge in [-0.2, -0.15) is 0 Å². The minimum atomic E-state index is 0.568. The Hall–Kier alpha value is -1.32. The van der Waals surface area contributed by atoms with Gasteiger partial charge >= 0.3 is 0 Å². The summed E-state index contributed by atoms with van der Waals surface area (Å²) in [7, 11) is 0. The molecule has 88 valence electrons. The van der Waals surface area contributed by atoms with Gasteiger partial charge in [0, 0.05) is 29.6 Å². The van der Waals surface area contributed by atoms with E-state index in [9.17, 15) is 0 Å². The normalized spacial score (nSPS) is 10.5. The fraction of sp³-hybridized carbons (Fsp3) is 0.214. The van der Waals surface area contributed by atoms with Crippen LogP contribution in [0, 0.1) is 6.92 Å². The summed E-state index contributed by atoms with van der Waals surface area (Å²) in [6.45, 7) is 2.68. The predicted octanol–water partition coefficient (Wildman–Crippen LogP) is 3.14. The van der Waals surface area contributed by atoms with E-state index in [0.29, 0.717) is 6.54 Å². The molecule has 1 heterocycles. The first-order valence-corrected chi connectivity index (χ1v) is 6.59. The molecule has 0 atom stereocenters. The van der Waals surface area contributed by atoms with E-state index in [-0.39, 0.29) is 0 Å². The van der Waals surface area contributed by atoms with Gasteiger partial charge < -0.3 is 5.73 Å². The van der Waals surface area contributed by atoms with Gasteiger partial charge in [0.2, 0.25) is 0 Å². The molecule has 0 bridgehead atoms. The summed E-state index contributed by atoms with van der Waals surface area (Å²) in [5.41, 5.74) is 9.50. The lowest BCUT2D eigenvalue weighted by atomic mass is 10.2. The second kappa shape index (κ2) is 5.84. The van der Waals surface area contributed by atoms with Gasteiger partial charge in [-0.1, -0.05) is 29.8 Å². The average molecular weight is 244 g/mol. The Labute approximate surface area is 106 Å². The molecule has 0 aliphatic rings. The molecule has 0 aliphatic carbocycles. The van der Waals surface area contributed by atoms with Crippen molar-refractivity contribution in [3.63, 3.8) is 0 Å². The summed E-state index contributed by atoms with van der Waals surface area (Å²) in [6.07, 6.45) is 3.68. The Morgan fingerprint density at radius 2 is 2.18 bits per heavy atom. The van der Waals surface area contributed by atoms with Crippen molar-refractivity contribution >= 4 is 11.8 Å². The van der Waals surface area contributed by atoms with Crippen molar-refractivity contribution in [2.24, 2.45) is 5.73 Å². The molecule has 0 spiro atoms. The molecule has 0 aliphatic heterocycles. The van der Waals surface area contributed by atoms with E-state index in [1.807, 2.05) is 12.3 Å². The third-order valence-corrected chi connectivity index (χ3v) is 3.72. The quantitative estimate of drug-likeness (QED) is 0.840. The highest BCUT2D eigenvalue weighted by molar-refractivity contribution is 7.98. The molecule has 0 radical (unpaired) electrons. The van der Waals surface area contributed by atoms with Crippen molar-refractivity contribution in [3.8, 4) is 0 Å². The average Bonchev–Trinajstić information content (AvgIpc) is 2.37. The standard InChI is InChI=1S/C14H16N2S/c1-11-3-2-4-12(7-11)10-17-14-9-16-6-5-13(14)8-15/h2-7,9H,8,10,15H2,1H3. The highest BCUT2D eigenvalue weighted by Gasteiger charge is 2.02. The molecule has 2 aromatic rings. The molecule has 1 aromatic carbocycles. The van der Waals surface area contributed by atoms with Gasteiger partial charge in [0.05, 0.1) is 0 Å². The summed E-state index contributed by atoms with van der Waals surface area (Å²) in [6, 6.07) is 10.6. The van der Waals surface area contributed by atoms with Gasteiger partial charge in [0.15, 0.2) is 0 Å². The van der Waals surface area contributed by atoms with Crippen molar-refractivity contribution in [1.82, 2.24) is 4.98 Å². The van der Waals surface area contributed by atoms with Crippen LogP contribution in [0.5, 0.6) is 0 Å². The maximum atomic E-state index is 5.70. The first kappa shape index (κ1) is 12.1. The molecule has 2 N–H and O–H groups in total. The van der Waals surface area contributed by atoms with Crippen LogP contribution in [0.3, 0.4) is 0 Å². The lowest BCUT2D eigenvalue weighted by Gasteiger charge is -2.06. The Morgan fingerprint density at radius 3 is 2.94 bits per heavy atom. The van der Waals surface area contributed by atoms with E-state index in [4.69, 9.17) is 5.73 Å². The third-order valence-electron chi connectivity index (χ3n) is 2.57. The van der Waals surface area contributed by atoms with E-state index >= 15 is 0 Å². The number of nitrogens with zero attached hydrogens (tertiary/aromatic N) is 1. The molecule has 2 nitrogen and oxygen atoms in total. The number of rotatable bonds is 4. The fourth-order valence-corrected chi connectivity index (χ4v) is 2.64. The molecule has 0 amide bonds. The molecule has 0 fully saturated rings. The summed E-state index contributed by atoms with van der Waals surface area (Å²) < 4.78 is 0. The number of hydrogen-bond donors (Lipinski definition) is 1. The van der Waals surface area contributed by atoms with Gasteiger partial charge in [0.1, 0.15) is 0 Å². The first-order valence-electron chi connectivity index (χ1n) is 5.61. The summed E-state index contributed by atoms with van der Waals surface area (Å²) in [5, 5.41) is 0. The Morgan fingerprint density at radius 1 is 1.29 bits per heavy atom. The van der Waals surface area contributed by atoms with E-state index in [0.717, 1.165) is 11.3 Å². The van der Waals surface area contributed by atoms with Gasteiger partial charge in [-0.05, 0) is 24.1 Å². The van der Waals surface area contributed by atoms with Crippen molar-refractivity contribution in [2.45, 2.75) is 24.1 Å². The monoisotopic (exact) mass is 244 g/mol. The maximum Gasteiger partial charge on any atom is 0.0407 e. The van der Waals surface area contributed by atoms with E-state index in [2.05, 4.69) is 36.2 Å². The minimum Gasteiger partial charge on any atom is -0.326 e. The number of nitrogens with two attached hydrogens (primary N) is 1. The predicted molar refractivity (Wildman–Crippen MR) is 72.9 cm³/mol. The highest BCUT2D eigenvalue weighted by Crippen LogP contribution is 2.25. The van der Waals surface area contributed by atoms with Crippen LogP contribution in [0.25, 0.3) is 0 Å². The van der Waals surface area contributed by atoms with E-state index in [1.165, 1.54) is 16.0 Å². The van der Waals surface area contributed by atoms with Crippen molar-refractivity contribution in [1.29, 1.82) is 0 Å². The van der Waals surface area contributed by atoms with Crippen LogP contribution in [0.15, 0.2) is 47.6 Å². The number of aromatic nitrogens is 1. The van der Waals surface area contributed by atoms with Crippen molar-refractivity contribution in [3.05, 3.63) is 59.4 Å². The van der Waals surface area contributed by atoms with E-state index in [1.54, 1.807) is 18.0 Å². The van der Waals surface area contributed by atoms with Gasteiger partial charge in [-0.25, -0.2) is 0 Å². The molecule has 0 saturated carbocycles. The third kappa shape index (κ3) is 3.32. The summed E-state index contributed by atoms with van der Waals surface area (Å²) in [4.78, 5) is 5.32. The zero-order valence-electron chi connectivity index (χ0n) is 9.89. The molecular formula is C14H16N2S. The summed E-state index contributed by atoms with van der Waals surface area (Å²) >= 11 is 1.79. The Bertz CT molecular complexity index is 497. The van der Waals surface area contributed by atoms with Crippen molar-refractivity contribution < 1.29 is 0 Å². The van der Waals surface area contributed by atoms with Crippen molar-refractivity contribution in [2.75, 3.05) is 0 Å². The zero-order valence-corrected chi connectivity index (χ0v) is 10.7. The Balaban J connectivity index is 2.07. The van der Waals surface area contributed by atoms with Gasteiger partial charge in [-0.15, -0.1) is 11.8 Å². The second-order valence-corrected chi connectivity index (χ2v) is 4.98. The number of hydrogen-bond acceptors (Lipinski definition) is 3. The molecular weight excluding hydrogens is 228 g/mol. The first-order chi connectivity index (χ1) is 8.29. The number of benzene rings is 1. The molecule has 2 rings (SSSR count). The minimum absolute atomic E-state index is 0.568. The van der Waals surface area contributed by atoms with Crippen LogP contribution in [0.4, 0.5) is 0 Å². The maximum absolute atomic E-state index is 5.70. The molecule has 0 unspecified atom stereocenters. The largest absolute Gasteiger partial charge is 0.326 e. The van der Waals surface area contributed by atoms with Crippen LogP contribution in [-0.2, 0) is 12.3 Å². The highest BCUT2D eigenvalue weighted by atomic mass is 32.2. The van der Waals surface area contributed by atoms with Crippen LogP contribution >= 0.6 is 11.8 Å². The Kier molecular flexibility index (Phi) is 4.18. The van der Waals surface area contributed by atoms with Crippen LogP contribution < -0.4 is 5.73 Å². The zero-order chi connectivity index (χ0) is 12.1. The number of thioether (sulfide) groups is 1. The van der Waals surface area contributed by atoms with Gasteiger partial charge in [0.25, 0.3) is 0 Å². The molecule has 0 saturated heterocycles. The lowest BCUT2D eigenvalue weighted by molar-refractivity contribution is 1.00. The fourth-order valence-electron chi connectivity index (χ4n) is 1.67. The molecule has 3 heteroatoms.